The molecule has 1 saturated heterocycles. The van der Waals surface area contributed by atoms with Crippen LogP contribution in [0.1, 0.15) is 10.3 Å². The van der Waals surface area contributed by atoms with Crippen LogP contribution >= 0.6 is 23.1 Å². The lowest BCUT2D eigenvalue weighted by molar-refractivity contribution is -0.142. The van der Waals surface area contributed by atoms with Gasteiger partial charge in [-0.2, -0.15) is 0 Å². The van der Waals surface area contributed by atoms with E-state index in [1.54, 1.807) is 23.1 Å². The number of nitrogens with one attached hydrogen (secondary N) is 1. The Hall–Kier alpha value is -0.520. The van der Waals surface area contributed by atoms with Crippen LogP contribution in [-0.2, 0) is 9.53 Å². The molecule has 0 saturated carbocycles. The number of hydrogen-bond acceptors (Lipinski definition) is 5. The van der Waals surface area contributed by atoms with Crippen molar-refractivity contribution in [1.82, 2.24) is 5.32 Å². The van der Waals surface area contributed by atoms with E-state index < -0.39 is 0 Å². The summed E-state index contributed by atoms with van der Waals surface area (Å²) in [5.41, 5.74) is 0. The first-order chi connectivity index (χ1) is 6.81. The SMILES string of the molecule is COC(=O)C1CSC(c2cccs2)N1. The van der Waals surface area contributed by atoms with Crippen LogP contribution in [0.4, 0.5) is 0 Å². The molecule has 14 heavy (non-hydrogen) atoms. The minimum atomic E-state index is -0.170. The Kier molecular flexibility index (Phi) is 3.10. The number of thioether (sulfide) groups is 1. The van der Waals surface area contributed by atoms with Crippen molar-refractivity contribution in [2.75, 3.05) is 12.9 Å². The van der Waals surface area contributed by atoms with Crippen molar-refractivity contribution >= 4 is 29.1 Å². The zero-order chi connectivity index (χ0) is 9.97. The van der Waals surface area contributed by atoms with Gasteiger partial charge in [-0.3, -0.25) is 10.1 Å². The first kappa shape index (κ1) is 10.0. The standard InChI is InChI=1S/C9H11NO2S2/c1-12-9(11)6-5-14-8(10-6)7-3-2-4-13-7/h2-4,6,8,10H,5H2,1H3. The molecule has 1 fully saturated rings. The predicted molar refractivity (Wildman–Crippen MR) is 58.5 cm³/mol. The summed E-state index contributed by atoms with van der Waals surface area (Å²) in [5, 5.41) is 5.54. The molecule has 0 spiro atoms. The molecule has 76 valence electrons. The number of ether oxygens (including phenoxy) is 1. The average molecular weight is 229 g/mol. The molecule has 1 aliphatic rings. The van der Waals surface area contributed by atoms with Crippen LogP contribution < -0.4 is 5.32 Å². The van der Waals surface area contributed by atoms with Gasteiger partial charge >= 0.3 is 5.97 Å². The third-order valence-corrected chi connectivity index (χ3v) is 4.40. The molecule has 0 radical (unpaired) electrons. The van der Waals surface area contributed by atoms with Crippen molar-refractivity contribution in [2.24, 2.45) is 0 Å². The largest absolute Gasteiger partial charge is 0.468 e. The van der Waals surface area contributed by atoms with E-state index in [9.17, 15) is 4.79 Å². The second kappa shape index (κ2) is 4.33. The molecule has 5 heteroatoms. The first-order valence-corrected chi connectivity index (χ1v) is 6.23. The van der Waals surface area contributed by atoms with Crippen molar-refractivity contribution in [1.29, 1.82) is 0 Å². The topological polar surface area (TPSA) is 38.3 Å². The maximum absolute atomic E-state index is 11.2. The van der Waals surface area contributed by atoms with Crippen LogP contribution in [0.15, 0.2) is 17.5 Å². The summed E-state index contributed by atoms with van der Waals surface area (Å²) in [6, 6.07) is 3.94. The molecule has 0 aromatic carbocycles. The Labute approximate surface area is 90.8 Å². The fourth-order valence-corrected chi connectivity index (χ4v) is 3.51. The summed E-state index contributed by atoms with van der Waals surface area (Å²) in [6.45, 7) is 0. The first-order valence-electron chi connectivity index (χ1n) is 4.30. The van der Waals surface area contributed by atoms with Crippen LogP contribution in [0.25, 0.3) is 0 Å². The third-order valence-electron chi connectivity index (χ3n) is 2.07. The molecular weight excluding hydrogens is 218 g/mol. The highest BCUT2D eigenvalue weighted by atomic mass is 32.2. The van der Waals surface area contributed by atoms with Crippen LogP contribution in [0.3, 0.4) is 0 Å². The molecule has 0 bridgehead atoms. The summed E-state index contributed by atoms with van der Waals surface area (Å²) in [5.74, 6) is 0.617. The highest BCUT2D eigenvalue weighted by Crippen LogP contribution is 2.35. The fourth-order valence-electron chi connectivity index (χ4n) is 1.35. The lowest BCUT2D eigenvalue weighted by Gasteiger charge is -2.09. The Morgan fingerprint density at radius 3 is 3.21 bits per heavy atom. The molecule has 1 aromatic rings. The van der Waals surface area contributed by atoms with Gasteiger partial charge in [-0.25, -0.2) is 0 Å². The van der Waals surface area contributed by atoms with Gasteiger partial charge in [0.25, 0.3) is 0 Å². The molecular formula is C9H11NO2S2. The average Bonchev–Trinajstić information content (AvgIpc) is 2.86. The fraction of sp³-hybridized carbons (Fsp3) is 0.444. The molecule has 2 unspecified atom stereocenters. The third kappa shape index (κ3) is 1.94. The smallest absolute Gasteiger partial charge is 0.323 e. The highest BCUT2D eigenvalue weighted by Gasteiger charge is 2.31. The lowest BCUT2D eigenvalue weighted by atomic mass is 10.3. The number of carbonyl (C=O) groups excluding carboxylic acids is 1. The Morgan fingerprint density at radius 2 is 2.57 bits per heavy atom. The highest BCUT2D eigenvalue weighted by molar-refractivity contribution is 7.99. The van der Waals surface area contributed by atoms with E-state index in [4.69, 9.17) is 0 Å². The number of methoxy groups -OCH3 is 1. The lowest BCUT2D eigenvalue weighted by Crippen LogP contribution is -2.34. The normalized spacial score (nSPS) is 26.4. The Morgan fingerprint density at radius 1 is 1.71 bits per heavy atom. The van der Waals surface area contributed by atoms with E-state index in [1.807, 2.05) is 11.4 Å². The minimum absolute atomic E-state index is 0.155. The molecule has 2 heterocycles. The van der Waals surface area contributed by atoms with Crippen LogP contribution in [0, 0.1) is 0 Å². The summed E-state index contributed by atoms with van der Waals surface area (Å²) in [7, 11) is 1.42. The van der Waals surface area contributed by atoms with E-state index >= 15 is 0 Å². The van der Waals surface area contributed by atoms with Crippen LogP contribution in [0.2, 0.25) is 0 Å². The van der Waals surface area contributed by atoms with Gasteiger partial charge in [0.15, 0.2) is 0 Å². The van der Waals surface area contributed by atoms with Crippen molar-refractivity contribution < 1.29 is 9.53 Å². The van der Waals surface area contributed by atoms with Gasteiger partial charge in [-0.1, -0.05) is 6.07 Å². The summed E-state index contributed by atoms with van der Waals surface area (Å²) >= 11 is 3.46. The number of esters is 1. The summed E-state index contributed by atoms with van der Waals surface area (Å²) in [4.78, 5) is 12.5. The number of rotatable bonds is 2. The maximum atomic E-state index is 11.2. The maximum Gasteiger partial charge on any atom is 0.323 e. The summed E-state index contributed by atoms with van der Waals surface area (Å²) < 4.78 is 4.69. The van der Waals surface area contributed by atoms with E-state index in [-0.39, 0.29) is 17.4 Å². The molecule has 1 aromatic heterocycles. The van der Waals surface area contributed by atoms with Gasteiger partial charge in [0.05, 0.1) is 12.5 Å². The van der Waals surface area contributed by atoms with Crippen molar-refractivity contribution in [2.45, 2.75) is 11.4 Å². The predicted octanol–water partition coefficient (Wildman–Crippen LogP) is 1.62. The van der Waals surface area contributed by atoms with Crippen LogP contribution in [0.5, 0.6) is 0 Å². The second-order valence-electron chi connectivity index (χ2n) is 2.97. The number of hydrogen-bond donors (Lipinski definition) is 1. The van der Waals surface area contributed by atoms with Gasteiger partial charge in [0.2, 0.25) is 0 Å². The van der Waals surface area contributed by atoms with E-state index in [0.29, 0.717) is 0 Å². The molecule has 1 N–H and O–H groups in total. The molecule has 0 amide bonds. The molecule has 0 aliphatic carbocycles. The molecule has 1 aliphatic heterocycles. The zero-order valence-electron chi connectivity index (χ0n) is 7.73. The second-order valence-corrected chi connectivity index (χ2v) is 5.09. The summed E-state index contributed by atoms with van der Waals surface area (Å²) in [6.07, 6.45) is 0. The van der Waals surface area contributed by atoms with Crippen LogP contribution in [-0.4, -0.2) is 24.9 Å². The quantitative estimate of drug-likeness (QED) is 0.782. The molecule has 2 rings (SSSR count). The number of carbonyl (C=O) groups is 1. The van der Waals surface area contributed by atoms with E-state index in [0.717, 1.165) is 5.75 Å². The molecule has 3 nitrogen and oxygen atoms in total. The van der Waals surface area contributed by atoms with Gasteiger partial charge in [0, 0.05) is 10.6 Å². The van der Waals surface area contributed by atoms with Crippen molar-refractivity contribution in [3.63, 3.8) is 0 Å². The zero-order valence-corrected chi connectivity index (χ0v) is 9.36. The van der Waals surface area contributed by atoms with Crippen molar-refractivity contribution in [3.8, 4) is 0 Å². The van der Waals surface area contributed by atoms with Crippen molar-refractivity contribution in [3.05, 3.63) is 22.4 Å². The number of thiophene rings is 1. The van der Waals surface area contributed by atoms with E-state index in [1.165, 1.54) is 12.0 Å². The van der Waals surface area contributed by atoms with Gasteiger partial charge in [-0.15, -0.1) is 23.1 Å². The Balaban J connectivity index is 1.98. The molecule has 2 atom stereocenters. The van der Waals surface area contributed by atoms with E-state index in [2.05, 4.69) is 16.1 Å². The Bertz CT molecular complexity index is 313. The minimum Gasteiger partial charge on any atom is -0.468 e. The van der Waals surface area contributed by atoms with Gasteiger partial charge in [-0.05, 0) is 11.4 Å². The van der Waals surface area contributed by atoms with Gasteiger partial charge in [0.1, 0.15) is 6.04 Å². The monoisotopic (exact) mass is 229 g/mol. The van der Waals surface area contributed by atoms with Gasteiger partial charge < -0.3 is 4.74 Å².